The van der Waals surface area contributed by atoms with Gasteiger partial charge < -0.3 is 22.2 Å². The lowest BCUT2D eigenvalue weighted by molar-refractivity contribution is -0.118. The van der Waals surface area contributed by atoms with Gasteiger partial charge in [0, 0.05) is 19.3 Å². The number of urea groups is 1. The predicted octanol–water partition coefficient (Wildman–Crippen LogP) is 1.74. The number of unbranched alkanes of at least 4 members (excludes halogenated alkanes) is 3. The molecule has 0 aliphatic rings. The smallest absolute Gasteiger partial charge is 0.315 e. The van der Waals surface area contributed by atoms with Gasteiger partial charge in [-0.05, 0) is 18.4 Å². The summed E-state index contributed by atoms with van der Waals surface area (Å²) in [4.78, 5) is 27.8. The molecule has 1 atom stereocenters. The van der Waals surface area contributed by atoms with E-state index >= 15 is 0 Å². The van der Waals surface area contributed by atoms with Crippen LogP contribution in [0.5, 0.6) is 0 Å². The fraction of sp³-hybridized carbons (Fsp3) is 0.500. The van der Waals surface area contributed by atoms with Gasteiger partial charge in [0.2, 0.25) is 5.91 Å². The van der Waals surface area contributed by atoms with Crippen LogP contribution in [0.3, 0.4) is 0 Å². The van der Waals surface area contributed by atoms with Gasteiger partial charge in [-0.1, -0.05) is 56.5 Å². The minimum atomic E-state index is -0.724. The average Bonchev–Trinajstić information content (AvgIpc) is 2.68. The number of nitrogens with two attached hydrogens (primary N) is 2. The number of primary amides is 1. The molecule has 3 amide bonds. The first kappa shape index (κ1) is 23.1. The molecule has 1 rings (SSSR count). The van der Waals surface area contributed by atoms with Gasteiger partial charge in [-0.25, -0.2) is 4.79 Å². The second-order valence-electron chi connectivity index (χ2n) is 6.51. The van der Waals surface area contributed by atoms with Crippen LogP contribution in [0.2, 0.25) is 0 Å². The quantitative estimate of drug-likeness (QED) is 0.177. The zero-order valence-electron chi connectivity index (χ0n) is 16.6. The first-order valence-corrected chi connectivity index (χ1v) is 9.71. The molecular formula is C20H32N6O2. The van der Waals surface area contributed by atoms with Crippen LogP contribution in [0.15, 0.2) is 40.4 Å². The third kappa shape index (κ3) is 10.3. The van der Waals surface area contributed by atoms with Crippen molar-refractivity contribution in [1.82, 2.24) is 10.6 Å². The molecule has 1 aromatic carbocycles. The van der Waals surface area contributed by atoms with Crippen LogP contribution in [0.4, 0.5) is 4.79 Å². The van der Waals surface area contributed by atoms with Gasteiger partial charge in [0.05, 0.1) is 12.5 Å². The number of benzene rings is 1. The maximum atomic E-state index is 12.1. The minimum absolute atomic E-state index is 0.107. The molecule has 0 aliphatic heterocycles. The lowest BCUT2D eigenvalue weighted by Crippen LogP contribution is -2.48. The highest BCUT2D eigenvalue weighted by atomic mass is 16.2. The molecule has 0 radical (unpaired) electrons. The Kier molecular flexibility index (Phi) is 11.7. The Hall–Kier alpha value is -2.90. The van der Waals surface area contributed by atoms with Crippen LogP contribution in [0.25, 0.3) is 0 Å². The Labute approximate surface area is 166 Å². The number of hydrazone groups is 1. The van der Waals surface area contributed by atoms with Gasteiger partial charge in [0.25, 0.3) is 0 Å². The molecule has 8 heteroatoms. The van der Waals surface area contributed by atoms with Crippen molar-refractivity contribution in [2.24, 2.45) is 21.7 Å². The van der Waals surface area contributed by atoms with Crippen LogP contribution in [0.1, 0.15) is 44.6 Å². The van der Waals surface area contributed by atoms with Crippen LogP contribution in [0, 0.1) is 0 Å². The number of hydrogen-bond donors (Lipinski definition) is 4. The third-order valence-corrected chi connectivity index (χ3v) is 4.13. The zero-order chi connectivity index (χ0) is 20.6. The van der Waals surface area contributed by atoms with E-state index in [0.717, 1.165) is 32.1 Å². The molecule has 28 heavy (non-hydrogen) atoms. The molecule has 0 aliphatic carbocycles. The van der Waals surface area contributed by atoms with Gasteiger partial charge in [0.15, 0.2) is 0 Å². The highest BCUT2D eigenvalue weighted by Gasteiger charge is 2.19. The normalized spacial score (nSPS) is 12.7. The minimum Gasteiger partial charge on any atom is -0.370 e. The first-order valence-electron chi connectivity index (χ1n) is 9.71. The van der Waals surface area contributed by atoms with E-state index in [-0.39, 0.29) is 12.5 Å². The molecule has 0 saturated heterocycles. The SMILES string of the molecule is CCCCCCNC(=O)N[C@H](CC(N)=O)C(C=NCCc1ccccc1)=NN. The van der Waals surface area contributed by atoms with Crippen LogP contribution < -0.4 is 22.2 Å². The molecule has 0 fully saturated rings. The van der Waals surface area contributed by atoms with Crippen molar-refractivity contribution < 1.29 is 9.59 Å². The number of rotatable bonds is 13. The monoisotopic (exact) mass is 388 g/mol. The van der Waals surface area contributed by atoms with E-state index in [1.165, 1.54) is 11.8 Å². The molecule has 154 valence electrons. The molecule has 0 spiro atoms. The Morgan fingerprint density at radius 1 is 1.18 bits per heavy atom. The summed E-state index contributed by atoms with van der Waals surface area (Å²) in [7, 11) is 0. The third-order valence-electron chi connectivity index (χ3n) is 4.13. The molecule has 0 saturated carbocycles. The fourth-order valence-electron chi connectivity index (χ4n) is 2.60. The van der Waals surface area contributed by atoms with Crippen LogP contribution in [-0.4, -0.2) is 43.0 Å². The number of nitrogens with one attached hydrogen (secondary N) is 2. The predicted molar refractivity (Wildman–Crippen MR) is 113 cm³/mol. The summed E-state index contributed by atoms with van der Waals surface area (Å²) in [5.74, 6) is 4.88. The van der Waals surface area contributed by atoms with E-state index in [4.69, 9.17) is 11.6 Å². The van der Waals surface area contributed by atoms with E-state index < -0.39 is 11.9 Å². The van der Waals surface area contributed by atoms with Crippen molar-refractivity contribution >= 4 is 23.9 Å². The van der Waals surface area contributed by atoms with Gasteiger partial charge in [-0.2, -0.15) is 5.10 Å². The highest BCUT2D eigenvalue weighted by molar-refractivity contribution is 6.33. The lowest BCUT2D eigenvalue weighted by atomic mass is 10.1. The summed E-state index contributed by atoms with van der Waals surface area (Å²) in [6, 6.07) is 8.84. The van der Waals surface area contributed by atoms with Crippen molar-refractivity contribution in [2.45, 2.75) is 51.5 Å². The van der Waals surface area contributed by atoms with Gasteiger partial charge in [0.1, 0.15) is 5.71 Å². The van der Waals surface area contributed by atoms with Gasteiger partial charge >= 0.3 is 6.03 Å². The largest absolute Gasteiger partial charge is 0.370 e. The molecular weight excluding hydrogens is 356 g/mol. The topological polar surface area (TPSA) is 135 Å². The Morgan fingerprint density at radius 2 is 1.93 bits per heavy atom. The van der Waals surface area contributed by atoms with E-state index in [0.29, 0.717) is 18.8 Å². The maximum Gasteiger partial charge on any atom is 0.315 e. The number of carbonyl (C=O) groups is 2. The average molecular weight is 389 g/mol. The number of aliphatic imine (C=N–C) groups is 1. The van der Waals surface area contributed by atoms with Crippen molar-refractivity contribution in [3.05, 3.63) is 35.9 Å². The highest BCUT2D eigenvalue weighted by Crippen LogP contribution is 2.00. The van der Waals surface area contributed by atoms with Crippen molar-refractivity contribution in [1.29, 1.82) is 0 Å². The molecule has 1 aromatic rings. The van der Waals surface area contributed by atoms with Crippen molar-refractivity contribution in [2.75, 3.05) is 13.1 Å². The fourth-order valence-corrected chi connectivity index (χ4v) is 2.60. The summed E-state index contributed by atoms with van der Waals surface area (Å²) in [6.07, 6.45) is 6.37. The summed E-state index contributed by atoms with van der Waals surface area (Å²) in [5, 5.41) is 9.14. The van der Waals surface area contributed by atoms with Crippen molar-refractivity contribution in [3.63, 3.8) is 0 Å². The zero-order valence-corrected chi connectivity index (χ0v) is 16.6. The van der Waals surface area contributed by atoms with Crippen LogP contribution in [-0.2, 0) is 11.2 Å². The Balaban J connectivity index is 2.55. The van der Waals surface area contributed by atoms with E-state index in [2.05, 4.69) is 27.7 Å². The standard InChI is InChI=1S/C20H32N6O2/c1-2-3-4-8-12-24-20(28)25-17(14-19(21)27)18(26-22)15-23-13-11-16-9-6-5-7-10-16/h5-7,9-10,15,17H,2-4,8,11-14,22H2,1H3,(H2,21,27)(H2,24,25,28)/t17-/m1/s1. The Morgan fingerprint density at radius 3 is 2.57 bits per heavy atom. The molecule has 6 N–H and O–H groups in total. The summed E-state index contributed by atoms with van der Waals surface area (Å²) < 4.78 is 0. The van der Waals surface area contributed by atoms with E-state index in [1.807, 2.05) is 30.3 Å². The molecule has 0 heterocycles. The van der Waals surface area contributed by atoms with E-state index in [9.17, 15) is 9.59 Å². The number of hydrogen-bond acceptors (Lipinski definition) is 5. The lowest BCUT2D eigenvalue weighted by Gasteiger charge is -2.17. The number of nitrogens with zero attached hydrogens (tertiary/aromatic N) is 2. The summed E-state index contributed by atoms with van der Waals surface area (Å²) >= 11 is 0. The molecule has 0 unspecified atom stereocenters. The first-order chi connectivity index (χ1) is 13.6. The van der Waals surface area contributed by atoms with E-state index in [1.54, 1.807) is 0 Å². The summed E-state index contributed by atoms with van der Waals surface area (Å²) in [5.41, 5.74) is 6.76. The number of carbonyl (C=O) groups excluding carboxylic acids is 2. The molecule has 0 aromatic heterocycles. The number of amides is 3. The maximum absolute atomic E-state index is 12.1. The van der Waals surface area contributed by atoms with Gasteiger partial charge in [-0.15, -0.1) is 0 Å². The molecule has 8 nitrogen and oxygen atoms in total. The Bertz CT molecular complexity index is 645. The second-order valence-corrected chi connectivity index (χ2v) is 6.51. The van der Waals surface area contributed by atoms with Crippen molar-refractivity contribution in [3.8, 4) is 0 Å². The second kappa shape index (κ2) is 14.2. The molecule has 0 bridgehead atoms. The summed E-state index contributed by atoms with van der Waals surface area (Å²) in [6.45, 7) is 3.23. The van der Waals surface area contributed by atoms with Gasteiger partial charge in [-0.3, -0.25) is 9.79 Å². The van der Waals surface area contributed by atoms with Crippen LogP contribution >= 0.6 is 0 Å².